The summed E-state index contributed by atoms with van der Waals surface area (Å²) < 4.78 is 53.4. The Morgan fingerprint density at radius 2 is 1.52 bits per heavy atom. The van der Waals surface area contributed by atoms with Gasteiger partial charge in [-0.2, -0.15) is 0 Å². The lowest BCUT2D eigenvalue weighted by molar-refractivity contribution is -0.127. The number of para-hydroxylation sites is 1. The van der Waals surface area contributed by atoms with Crippen LogP contribution in [0.15, 0.2) is 24.3 Å². The zero-order valence-electron chi connectivity index (χ0n) is 19.7. The summed E-state index contributed by atoms with van der Waals surface area (Å²) in [4.78, 5) is 14.3. The van der Waals surface area contributed by atoms with Gasteiger partial charge in [0.05, 0.1) is 26.4 Å². The third-order valence-corrected chi connectivity index (χ3v) is 13.6. The highest BCUT2D eigenvalue weighted by Gasteiger charge is 2.85. The van der Waals surface area contributed by atoms with Crippen molar-refractivity contribution in [2.75, 3.05) is 38.3 Å². The zero-order valence-corrected chi connectivity index (χ0v) is 21.5. The monoisotopic (exact) mass is 500 g/mol. The average molecular weight is 500 g/mol. The second-order valence-electron chi connectivity index (χ2n) is 8.39. The van der Waals surface area contributed by atoms with Crippen LogP contribution >= 0.6 is 15.2 Å². The first-order valence-electron chi connectivity index (χ1n) is 11.8. The lowest BCUT2D eigenvalue weighted by Gasteiger charge is -2.49. The molecule has 1 amide bonds. The van der Waals surface area contributed by atoms with Crippen LogP contribution < -0.4 is 5.32 Å². The lowest BCUT2D eigenvalue weighted by atomic mass is 9.87. The topological polar surface area (TPSA) is 103 Å². The van der Waals surface area contributed by atoms with Gasteiger partial charge in [0.1, 0.15) is 0 Å². The van der Waals surface area contributed by atoms with Crippen molar-refractivity contribution >= 4 is 26.8 Å². The molecule has 1 aromatic carbocycles. The molecule has 4 rings (SSSR count). The summed E-state index contributed by atoms with van der Waals surface area (Å²) in [6, 6.07) is 7.13. The fraction of sp³-hybridized carbons (Fsp3) is 0.682. The van der Waals surface area contributed by atoms with Gasteiger partial charge in [-0.1, -0.05) is 18.2 Å². The SMILES string of the molecule is CCOP(=O)(OCC)C1(P(=O)(OCC)OCC)CC2CCCN2C12C(=O)Nc1ccccc12. The minimum absolute atomic E-state index is 0.0568. The Morgan fingerprint density at radius 1 is 0.970 bits per heavy atom. The summed E-state index contributed by atoms with van der Waals surface area (Å²) in [5, 5.41) is 2.97. The molecule has 0 aromatic heterocycles. The van der Waals surface area contributed by atoms with Crippen molar-refractivity contribution in [3.05, 3.63) is 29.8 Å². The molecule has 3 aliphatic heterocycles. The molecule has 2 fully saturated rings. The van der Waals surface area contributed by atoms with Crippen LogP contribution in [0, 0.1) is 0 Å². The van der Waals surface area contributed by atoms with Crippen LogP contribution in [0.2, 0.25) is 0 Å². The molecule has 1 aromatic rings. The Balaban J connectivity index is 2.15. The van der Waals surface area contributed by atoms with Crippen LogP contribution in [0.25, 0.3) is 0 Å². The Hall–Kier alpha value is -1.05. The van der Waals surface area contributed by atoms with Gasteiger partial charge >= 0.3 is 15.2 Å². The number of benzene rings is 1. The molecular formula is C22H34N2O7P2. The fourth-order valence-electron chi connectivity index (χ4n) is 6.07. The van der Waals surface area contributed by atoms with E-state index in [0.717, 1.165) is 12.8 Å². The van der Waals surface area contributed by atoms with E-state index in [0.29, 0.717) is 17.8 Å². The van der Waals surface area contributed by atoms with Crippen molar-refractivity contribution < 1.29 is 32.0 Å². The summed E-state index contributed by atoms with van der Waals surface area (Å²) in [7, 11) is -8.51. The van der Waals surface area contributed by atoms with Gasteiger partial charge in [0.2, 0.25) is 4.90 Å². The molecule has 11 heteroatoms. The Kier molecular flexibility index (Phi) is 6.98. The highest BCUT2D eigenvalue weighted by atomic mass is 31.2. The molecule has 0 aliphatic carbocycles. The molecule has 184 valence electrons. The Bertz CT molecular complexity index is 953. The van der Waals surface area contributed by atoms with Crippen LogP contribution in [0.1, 0.15) is 52.5 Å². The predicted molar refractivity (Wildman–Crippen MR) is 126 cm³/mol. The molecule has 0 radical (unpaired) electrons. The van der Waals surface area contributed by atoms with Gasteiger partial charge in [-0.25, -0.2) is 0 Å². The molecule has 3 aliphatic rings. The molecule has 2 atom stereocenters. The van der Waals surface area contributed by atoms with E-state index >= 15 is 0 Å². The van der Waals surface area contributed by atoms with E-state index < -0.39 is 31.5 Å². The van der Waals surface area contributed by atoms with E-state index in [1.807, 2.05) is 23.1 Å². The Morgan fingerprint density at radius 3 is 2.06 bits per heavy atom. The lowest BCUT2D eigenvalue weighted by Crippen LogP contribution is -2.59. The van der Waals surface area contributed by atoms with Crippen molar-refractivity contribution in [1.29, 1.82) is 0 Å². The van der Waals surface area contributed by atoms with E-state index in [4.69, 9.17) is 18.1 Å². The standard InChI is InChI=1S/C22H34N2O7P2/c1-5-28-32(26,29-6-2)21(33(27,30-7-3)31-8-4)16-17-12-11-15-24(17)22(21)18-13-9-10-14-19(18)23-20(22)25/h9-10,13-14,17H,5-8,11-12,15-16H2,1-4H3,(H,23,25). The third-order valence-electron chi connectivity index (χ3n) is 6.90. The fourth-order valence-corrected chi connectivity index (χ4v) is 12.7. The minimum atomic E-state index is -4.26. The van der Waals surface area contributed by atoms with Crippen LogP contribution in [0.4, 0.5) is 5.69 Å². The highest BCUT2D eigenvalue weighted by molar-refractivity contribution is 7.74. The maximum atomic E-state index is 14.9. The molecule has 3 heterocycles. The van der Waals surface area contributed by atoms with Gasteiger partial charge in [0.15, 0.2) is 5.54 Å². The molecule has 2 unspecified atom stereocenters. The van der Waals surface area contributed by atoms with Gasteiger partial charge in [-0.3, -0.25) is 18.8 Å². The van der Waals surface area contributed by atoms with E-state index in [-0.39, 0.29) is 38.9 Å². The van der Waals surface area contributed by atoms with Crippen molar-refractivity contribution in [2.45, 2.75) is 63.4 Å². The van der Waals surface area contributed by atoms with E-state index in [2.05, 4.69) is 5.32 Å². The van der Waals surface area contributed by atoms with Crippen molar-refractivity contribution in [3.63, 3.8) is 0 Å². The quantitative estimate of drug-likeness (QED) is 0.451. The molecule has 0 bridgehead atoms. The minimum Gasteiger partial charge on any atom is -0.324 e. The molecule has 2 saturated heterocycles. The zero-order chi connectivity index (χ0) is 23.9. The van der Waals surface area contributed by atoms with Gasteiger partial charge in [0, 0.05) is 17.3 Å². The number of hydrogen-bond acceptors (Lipinski definition) is 8. The summed E-state index contributed by atoms with van der Waals surface area (Å²) >= 11 is 0. The summed E-state index contributed by atoms with van der Waals surface area (Å²) in [6.07, 6.45) is 1.79. The molecule has 1 N–H and O–H groups in total. The summed E-state index contributed by atoms with van der Waals surface area (Å²) in [6.45, 7) is 7.64. The number of rotatable bonds is 10. The Labute approximate surface area is 195 Å². The molecule has 1 spiro atoms. The number of hydrogen-bond donors (Lipinski definition) is 1. The van der Waals surface area contributed by atoms with Gasteiger partial charge in [0.25, 0.3) is 5.91 Å². The number of fused-ring (bicyclic) bond motifs is 4. The van der Waals surface area contributed by atoms with Crippen molar-refractivity contribution in [3.8, 4) is 0 Å². The number of carbonyl (C=O) groups is 1. The summed E-state index contributed by atoms with van der Waals surface area (Å²) in [5.74, 6) is -0.396. The first kappa shape index (κ1) is 25.1. The first-order valence-corrected chi connectivity index (χ1v) is 14.9. The third kappa shape index (κ3) is 3.21. The van der Waals surface area contributed by atoms with Gasteiger partial charge in [-0.05, 0) is 59.6 Å². The number of carbonyl (C=O) groups excluding carboxylic acids is 1. The summed E-state index contributed by atoms with van der Waals surface area (Å²) in [5.41, 5.74) is -0.373. The van der Waals surface area contributed by atoms with E-state index in [1.165, 1.54) is 0 Å². The largest absolute Gasteiger partial charge is 0.351 e. The highest BCUT2D eigenvalue weighted by Crippen LogP contribution is 2.87. The molecule has 0 saturated carbocycles. The number of nitrogens with zero attached hydrogens (tertiary/aromatic N) is 1. The molecule has 9 nitrogen and oxygen atoms in total. The van der Waals surface area contributed by atoms with Crippen molar-refractivity contribution in [2.24, 2.45) is 0 Å². The maximum absolute atomic E-state index is 14.9. The van der Waals surface area contributed by atoms with E-state index in [9.17, 15) is 13.9 Å². The number of amides is 1. The van der Waals surface area contributed by atoms with Crippen LogP contribution in [-0.2, 0) is 37.6 Å². The van der Waals surface area contributed by atoms with Gasteiger partial charge in [-0.15, -0.1) is 0 Å². The maximum Gasteiger partial charge on any atom is 0.351 e. The smallest absolute Gasteiger partial charge is 0.324 e. The second-order valence-corrected chi connectivity index (χ2v) is 13.3. The first-order chi connectivity index (χ1) is 15.8. The predicted octanol–water partition coefficient (Wildman–Crippen LogP) is 4.93. The van der Waals surface area contributed by atoms with Crippen molar-refractivity contribution in [1.82, 2.24) is 4.90 Å². The molecular weight excluding hydrogens is 466 g/mol. The molecule has 33 heavy (non-hydrogen) atoms. The second kappa shape index (κ2) is 9.19. The number of anilines is 1. The average Bonchev–Trinajstić information content (AvgIpc) is 3.42. The number of nitrogens with one attached hydrogen (secondary N) is 1. The van der Waals surface area contributed by atoms with Crippen LogP contribution in [0.5, 0.6) is 0 Å². The van der Waals surface area contributed by atoms with E-state index in [1.54, 1.807) is 33.8 Å². The van der Waals surface area contributed by atoms with Gasteiger partial charge < -0.3 is 23.4 Å². The van der Waals surface area contributed by atoms with Crippen LogP contribution in [-0.4, -0.2) is 54.7 Å². The van der Waals surface area contributed by atoms with Crippen LogP contribution in [0.3, 0.4) is 0 Å². The normalized spacial score (nSPS) is 26.5.